The Hall–Kier alpha value is -2.30. The molecular formula is C23H30FN5O3S. The predicted octanol–water partition coefficient (Wildman–Crippen LogP) is 2.47. The summed E-state index contributed by atoms with van der Waals surface area (Å²) < 4.78 is 44.6. The summed E-state index contributed by atoms with van der Waals surface area (Å²) in [5.41, 5.74) is 2.32. The highest BCUT2D eigenvalue weighted by Crippen LogP contribution is 2.27. The van der Waals surface area contributed by atoms with Crippen molar-refractivity contribution in [2.24, 2.45) is 5.92 Å². The smallest absolute Gasteiger partial charge is 0.281 e. The number of benzene rings is 1. The highest BCUT2D eigenvalue weighted by atomic mass is 32.2. The predicted molar refractivity (Wildman–Crippen MR) is 122 cm³/mol. The summed E-state index contributed by atoms with van der Waals surface area (Å²) in [4.78, 5) is 15.3. The molecule has 8 nitrogen and oxygen atoms in total. The maximum absolute atomic E-state index is 13.7. The van der Waals surface area contributed by atoms with Gasteiger partial charge in [-0.25, -0.2) is 4.39 Å². The number of piperidine rings is 1. The van der Waals surface area contributed by atoms with Crippen molar-refractivity contribution in [3.8, 4) is 11.3 Å². The third-order valence-electron chi connectivity index (χ3n) is 6.90. The van der Waals surface area contributed by atoms with E-state index in [4.69, 9.17) is 0 Å². The third-order valence-corrected chi connectivity index (χ3v) is 8.90. The van der Waals surface area contributed by atoms with Gasteiger partial charge < -0.3 is 4.90 Å². The van der Waals surface area contributed by atoms with E-state index in [1.807, 2.05) is 21.7 Å². The van der Waals surface area contributed by atoms with Crippen LogP contribution in [-0.4, -0.2) is 70.3 Å². The van der Waals surface area contributed by atoms with Crippen molar-refractivity contribution in [2.45, 2.75) is 45.2 Å². The minimum atomic E-state index is -3.49. The zero-order valence-corrected chi connectivity index (χ0v) is 19.5. The van der Waals surface area contributed by atoms with Gasteiger partial charge in [0.2, 0.25) is 5.91 Å². The molecule has 1 aromatic carbocycles. The van der Waals surface area contributed by atoms with E-state index in [9.17, 15) is 17.6 Å². The second-order valence-corrected chi connectivity index (χ2v) is 11.1. The van der Waals surface area contributed by atoms with Gasteiger partial charge in [-0.15, -0.1) is 0 Å². The molecule has 2 aromatic rings. The van der Waals surface area contributed by atoms with Gasteiger partial charge >= 0.3 is 0 Å². The first kappa shape index (κ1) is 22.5. The van der Waals surface area contributed by atoms with Crippen molar-refractivity contribution < 1.29 is 17.6 Å². The van der Waals surface area contributed by atoms with Crippen molar-refractivity contribution >= 4 is 16.1 Å². The summed E-state index contributed by atoms with van der Waals surface area (Å²) >= 11 is 0. The highest BCUT2D eigenvalue weighted by molar-refractivity contribution is 7.86. The normalized spacial score (nSPS) is 22.8. The topological polar surface area (TPSA) is 78.8 Å². The summed E-state index contributed by atoms with van der Waals surface area (Å²) in [5, 5.41) is 4.64. The van der Waals surface area contributed by atoms with Crippen LogP contribution >= 0.6 is 0 Å². The van der Waals surface area contributed by atoms with Crippen LogP contribution in [0.4, 0.5) is 4.39 Å². The molecule has 178 valence electrons. The van der Waals surface area contributed by atoms with Gasteiger partial charge in [0.05, 0.1) is 23.9 Å². The van der Waals surface area contributed by atoms with Crippen molar-refractivity contribution in [3.63, 3.8) is 0 Å². The van der Waals surface area contributed by atoms with Crippen LogP contribution < -0.4 is 0 Å². The van der Waals surface area contributed by atoms with E-state index in [2.05, 4.69) is 5.10 Å². The number of halogens is 1. The Kier molecular flexibility index (Phi) is 6.24. The molecule has 3 aliphatic rings. The largest absolute Gasteiger partial charge is 0.336 e. The summed E-state index contributed by atoms with van der Waals surface area (Å²) in [6.07, 6.45) is 3.96. The number of carbonyl (C=O) groups is 1. The van der Waals surface area contributed by atoms with Crippen molar-refractivity contribution in [1.82, 2.24) is 23.3 Å². The lowest BCUT2D eigenvalue weighted by Crippen LogP contribution is -2.50. The van der Waals surface area contributed by atoms with E-state index in [1.54, 1.807) is 10.4 Å². The number of hydrogen-bond donors (Lipinski definition) is 0. The Bertz CT molecular complexity index is 1130. The highest BCUT2D eigenvalue weighted by Gasteiger charge is 2.38. The molecule has 1 aromatic heterocycles. The lowest BCUT2D eigenvalue weighted by molar-refractivity contribution is -0.137. The molecule has 2 saturated heterocycles. The van der Waals surface area contributed by atoms with Crippen LogP contribution in [0.3, 0.4) is 0 Å². The van der Waals surface area contributed by atoms with Crippen LogP contribution in [0.5, 0.6) is 0 Å². The maximum atomic E-state index is 13.7. The Labute approximate surface area is 194 Å². The van der Waals surface area contributed by atoms with Crippen molar-refractivity contribution in [1.29, 1.82) is 0 Å². The molecule has 1 atom stereocenters. The lowest BCUT2D eigenvalue weighted by atomic mass is 9.98. The van der Waals surface area contributed by atoms with E-state index in [0.29, 0.717) is 63.4 Å². The molecule has 0 bridgehead atoms. The Morgan fingerprint density at radius 3 is 2.55 bits per heavy atom. The average Bonchev–Trinajstić information content (AvgIpc) is 3.46. The number of amides is 1. The zero-order valence-electron chi connectivity index (χ0n) is 18.7. The van der Waals surface area contributed by atoms with Crippen molar-refractivity contribution in [2.75, 3.05) is 32.7 Å². The number of rotatable bonds is 4. The third kappa shape index (κ3) is 4.56. The molecule has 1 unspecified atom stereocenters. The van der Waals surface area contributed by atoms with Crippen LogP contribution in [0, 0.1) is 11.7 Å². The molecule has 0 spiro atoms. The number of fused-ring (bicyclic) bond motifs is 1. The van der Waals surface area contributed by atoms with E-state index >= 15 is 0 Å². The van der Waals surface area contributed by atoms with Gasteiger partial charge in [0.1, 0.15) is 5.82 Å². The molecule has 0 radical (unpaired) electrons. The van der Waals surface area contributed by atoms with Gasteiger partial charge in [-0.2, -0.15) is 22.1 Å². The Balaban J connectivity index is 1.30. The molecule has 2 fully saturated rings. The second-order valence-electron chi connectivity index (χ2n) is 9.18. The molecule has 1 amide bonds. The fourth-order valence-electron chi connectivity index (χ4n) is 5.13. The minimum Gasteiger partial charge on any atom is -0.336 e. The monoisotopic (exact) mass is 475 g/mol. The van der Waals surface area contributed by atoms with E-state index in [0.717, 1.165) is 25.0 Å². The second kappa shape index (κ2) is 9.15. The van der Waals surface area contributed by atoms with Crippen LogP contribution in [0.2, 0.25) is 0 Å². The fraction of sp³-hybridized carbons (Fsp3) is 0.565. The molecule has 3 aliphatic heterocycles. The molecule has 0 aliphatic carbocycles. The molecular weight excluding hydrogens is 445 g/mol. The summed E-state index contributed by atoms with van der Waals surface area (Å²) in [6, 6.07) is 8.28. The number of hydrogen-bond acceptors (Lipinski definition) is 4. The molecule has 5 rings (SSSR count). The number of nitrogens with zero attached hydrogens (tertiary/aromatic N) is 5. The quantitative estimate of drug-likeness (QED) is 0.681. The lowest BCUT2D eigenvalue weighted by Gasteiger charge is -2.35. The van der Waals surface area contributed by atoms with Gasteiger partial charge in [-0.05, 0) is 50.3 Å². The van der Waals surface area contributed by atoms with E-state index < -0.39 is 10.2 Å². The number of aromatic nitrogens is 2. The van der Waals surface area contributed by atoms with Gasteiger partial charge in [-0.1, -0.05) is 12.1 Å². The van der Waals surface area contributed by atoms with E-state index in [1.165, 1.54) is 16.4 Å². The Morgan fingerprint density at radius 2 is 1.76 bits per heavy atom. The molecule has 4 heterocycles. The van der Waals surface area contributed by atoms with Gasteiger partial charge in [0, 0.05) is 44.8 Å². The van der Waals surface area contributed by atoms with Crippen LogP contribution in [-0.2, 0) is 28.1 Å². The summed E-state index contributed by atoms with van der Waals surface area (Å²) in [7, 11) is -3.49. The fourth-order valence-corrected chi connectivity index (χ4v) is 6.91. The van der Waals surface area contributed by atoms with Crippen LogP contribution in [0.1, 0.15) is 37.8 Å². The first-order valence-corrected chi connectivity index (χ1v) is 13.2. The number of carbonyl (C=O) groups excluding carboxylic acids is 1. The van der Waals surface area contributed by atoms with Crippen molar-refractivity contribution in [3.05, 3.63) is 41.8 Å². The first-order valence-electron chi connectivity index (χ1n) is 11.8. The van der Waals surface area contributed by atoms with Crippen LogP contribution in [0.15, 0.2) is 30.3 Å². The molecule has 0 saturated carbocycles. The molecule has 10 heteroatoms. The molecule has 33 heavy (non-hydrogen) atoms. The van der Waals surface area contributed by atoms with Gasteiger partial charge in [0.25, 0.3) is 10.2 Å². The standard InChI is InChI=1S/C23H30FN5O3S/c24-20-8-3-6-18(14-20)22-15-21-17-26(9-5-13-29(21)25-22)23(30)19-7-4-12-28(16-19)33(31,32)27-10-1-2-11-27/h3,6,8,14-15,19H,1-2,4-5,7,9-13,16-17H2. The van der Waals surface area contributed by atoms with Gasteiger partial charge in [-0.3, -0.25) is 9.48 Å². The van der Waals surface area contributed by atoms with Gasteiger partial charge in [0.15, 0.2) is 0 Å². The minimum absolute atomic E-state index is 0.0123. The average molecular weight is 476 g/mol. The zero-order chi connectivity index (χ0) is 23.0. The summed E-state index contributed by atoms with van der Waals surface area (Å²) in [5.74, 6) is -0.621. The summed E-state index contributed by atoms with van der Waals surface area (Å²) in [6.45, 7) is 3.61. The first-order chi connectivity index (χ1) is 15.9. The Morgan fingerprint density at radius 1 is 0.970 bits per heavy atom. The van der Waals surface area contributed by atoms with Crippen LogP contribution in [0.25, 0.3) is 11.3 Å². The SMILES string of the molecule is O=C(C1CCCN(S(=O)(=O)N2CCCC2)C1)N1CCCn2nc(-c3cccc(F)c3)cc2C1. The maximum Gasteiger partial charge on any atom is 0.281 e. The number of aryl methyl sites for hydroxylation is 1. The van der Waals surface area contributed by atoms with E-state index in [-0.39, 0.29) is 24.2 Å². The molecule has 0 N–H and O–H groups in total.